The number of nitrogens with zero attached hydrogens (tertiary/aromatic N) is 1. The van der Waals surface area contributed by atoms with Crippen molar-refractivity contribution in [1.82, 2.24) is 4.90 Å². The summed E-state index contributed by atoms with van der Waals surface area (Å²) in [5.41, 5.74) is 2.21. The summed E-state index contributed by atoms with van der Waals surface area (Å²) in [5.74, 6) is 0.215. The number of anilines is 1. The molecule has 0 unspecified atom stereocenters. The highest BCUT2D eigenvalue weighted by Gasteiger charge is 2.41. The summed E-state index contributed by atoms with van der Waals surface area (Å²) >= 11 is 3.59. The highest BCUT2D eigenvalue weighted by atomic mass is 79.9. The number of hydrogen-bond donors (Lipinski definition) is 2. The molecule has 0 radical (unpaired) electrons. The van der Waals surface area contributed by atoms with E-state index in [1.807, 2.05) is 42.5 Å². The monoisotopic (exact) mass is 478 g/mol. The van der Waals surface area contributed by atoms with Crippen molar-refractivity contribution in [2.24, 2.45) is 5.92 Å². The van der Waals surface area contributed by atoms with E-state index in [1.165, 1.54) is 0 Å². The van der Waals surface area contributed by atoms with E-state index >= 15 is 0 Å². The molecule has 3 aromatic rings. The summed E-state index contributed by atoms with van der Waals surface area (Å²) in [6.07, 6.45) is 3.10. The highest BCUT2D eigenvalue weighted by Crippen LogP contribution is 2.41. The minimum atomic E-state index is -0.935. The summed E-state index contributed by atoms with van der Waals surface area (Å²) in [6, 6.07) is 28.6. The molecular weight excluding hydrogens is 448 g/mol. The van der Waals surface area contributed by atoms with Gasteiger partial charge in [-0.2, -0.15) is 0 Å². The third-order valence-corrected chi connectivity index (χ3v) is 7.14. The van der Waals surface area contributed by atoms with Crippen molar-refractivity contribution in [2.45, 2.75) is 24.9 Å². The molecule has 162 valence electrons. The van der Waals surface area contributed by atoms with Crippen LogP contribution in [0.4, 0.5) is 5.69 Å². The number of nitrogens with one attached hydrogen (secondary N) is 1. The van der Waals surface area contributed by atoms with Crippen molar-refractivity contribution >= 4 is 21.6 Å². The largest absolute Gasteiger partial charge is 0.384 e. The Hall–Kier alpha value is -2.14. The summed E-state index contributed by atoms with van der Waals surface area (Å²) in [5, 5.41) is 15.5. The van der Waals surface area contributed by atoms with Crippen LogP contribution in [0.15, 0.2) is 89.4 Å². The van der Waals surface area contributed by atoms with Gasteiger partial charge in [0, 0.05) is 16.7 Å². The third-order valence-electron chi connectivity index (χ3n) is 6.45. The molecule has 2 N–H and O–H groups in total. The van der Waals surface area contributed by atoms with E-state index in [0.29, 0.717) is 0 Å². The number of benzene rings is 3. The lowest BCUT2D eigenvalue weighted by Crippen LogP contribution is -2.44. The Kier molecular flexibility index (Phi) is 7.44. The lowest BCUT2D eigenvalue weighted by Gasteiger charge is -2.42. The predicted molar refractivity (Wildman–Crippen MR) is 132 cm³/mol. The molecule has 0 spiro atoms. The zero-order valence-corrected chi connectivity index (χ0v) is 19.5. The van der Waals surface area contributed by atoms with E-state index < -0.39 is 5.60 Å². The molecule has 0 atom stereocenters. The normalized spacial score (nSPS) is 15.7. The highest BCUT2D eigenvalue weighted by molar-refractivity contribution is 9.10. The fraction of sp³-hybridized carbons (Fsp3) is 0.333. The van der Waals surface area contributed by atoms with Gasteiger partial charge in [-0.3, -0.25) is 0 Å². The van der Waals surface area contributed by atoms with Crippen molar-refractivity contribution in [3.63, 3.8) is 0 Å². The molecule has 0 amide bonds. The van der Waals surface area contributed by atoms with Gasteiger partial charge in [0.15, 0.2) is 0 Å². The first kappa shape index (κ1) is 22.1. The molecule has 31 heavy (non-hydrogen) atoms. The van der Waals surface area contributed by atoms with Gasteiger partial charge in [-0.05, 0) is 84.0 Å². The number of para-hydroxylation sites is 1. The Balaban J connectivity index is 1.35. The first-order chi connectivity index (χ1) is 15.2. The second-order valence-electron chi connectivity index (χ2n) is 8.37. The van der Waals surface area contributed by atoms with E-state index in [-0.39, 0.29) is 5.92 Å². The van der Waals surface area contributed by atoms with Gasteiger partial charge in [0.2, 0.25) is 0 Å². The average Bonchev–Trinajstić information content (AvgIpc) is 2.84. The number of halogens is 1. The Bertz CT molecular complexity index is 900. The Morgan fingerprint density at radius 2 is 1.39 bits per heavy atom. The smallest absolute Gasteiger partial charge is 0.117 e. The standard InChI is InChI=1S/C27H31BrN2O/c28-25-14-7-8-15-26(25)29-18-9-19-30-20-16-24(17-21-30)27(31,22-10-3-1-4-11-22)23-12-5-2-6-13-23/h1-8,10-15,24,29,31H,9,16-21H2. The van der Waals surface area contributed by atoms with Crippen LogP contribution < -0.4 is 5.32 Å². The second-order valence-corrected chi connectivity index (χ2v) is 9.23. The van der Waals surface area contributed by atoms with E-state index in [4.69, 9.17) is 0 Å². The molecule has 1 fully saturated rings. The van der Waals surface area contributed by atoms with Gasteiger partial charge >= 0.3 is 0 Å². The zero-order chi connectivity index (χ0) is 21.5. The Morgan fingerprint density at radius 3 is 1.97 bits per heavy atom. The van der Waals surface area contributed by atoms with Crippen molar-refractivity contribution in [1.29, 1.82) is 0 Å². The van der Waals surface area contributed by atoms with Crippen molar-refractivity contribution in [3.05, 3.63) is 101 Å². The van der Waals surface area contributed by atoms with Gasteiger partial charge in [-0.25, -0.2) is 0 Å². The molecule has 0 saturated carbocycles. The number of rotatable bonds is 8. The maximum Gasteiger partial charge on any atom is 0.117 e. The zero-order valence-electron chi connectivity index (χ0n) is 17.9. The first-order valence-corrected chi connectivity index (χ1v) is 12.0. The molecule has 4 heteroatoms. The van der Waals surface area contributed by atoms with Crippen LogP contribution in [0.2, 0.25) is 0 Å². The average molecular weight is 479 g/mol. The van der Waals surface area contributed by atoms with E-state index in [1.54, 1.807) is 0 Å². The fourth-order valence-electron chi connectivity index (χ4n) is 4.73. The van der Waals surface area contributed by atoms with Gasteiger partial charge < -0.3 is 15.3 Å². The van der Waals surface area contributed by atoms with Crippen molar-refractivity contribution in [2.75, 3.05) is 31.5 Å². The Labute approximate surface area is 194 Å². The van der Waals surface area contributed by atoms with Gasteiger partial charge in [0.05, 0.1) is 0 Å². The molecule has 0 aromatic heterocycles. The lowest BCUT2D eigenvalue weighted by atomic mass is 9.72. The minimum absolute atomic E-state index is 0.215. The van der Waals surface area contributed by atoms with Crippen LogP contribution in [0.3, 0.4) is 0 Å². The van der Waals surface area contributed by atoms with Crippen LogP contribution in [0, 0.1) is 5.92 Å². The third kappa shape index (κ3) is 5.20. The molecule has 0 bridgehead atoms. The van der Waals surface area contributed by atoms with Gasteiger partial charge in [0.1, 0.15) is 5.60 Å². The Morgan fingerprint density at radius 1 is 0.839 bits per heavy atom. The lowest BCUT2D eigenvalue weighted by molar-refractivity contribution is -0.0141. The van der Waals surface area contributed by atoms with Gasteiger partial charge in [-0.15, -0.1) is 0 Å². The molecule has 0 aliphatic carbocycles. The second kappa shape index (κ2) is 10.4. The number of hydrogen-bond acceptors (Lipinski definition) is 3. The summed E-state index contributed by atoms with van der Waals surface area (Å²) < 4.78 is 1.11. The maximum absolute atomic E-state index is 12.0. The topological polar surface area (TPSA) is 35.5 Å². The molecule has 1 aliphatic rings. The van der Waals surface area contributed by atoms with Gasteiger partial charge in [0.25, 0.3) is 0 Å². The SMILES string of the molecule is OC(c1ccccc1)(c1ccccc1)C1CCN(CCCNc2ccccc2Br)CC1. The molecule has 1 aliphatic heterocycles. The van der Waals surface area contributed by atoms with Crippen LogP contribution in [0.1, 0.15) is 30.4 Å². The van der Waals surface area contributed by atoms with Crippen molar-refractivity contribution < 1.29 is 5.11 Å². The first-order valence-electron chi connectivity index (χ1n) is 11.2. The predicted octanol–water partition coefficient (Wildman–Crippen LogP) is 5.90. The molecular formula is C27H31BrN2O. The molecule has 3 aromatic carbocycles. The van der Waals surface area contributed by atoms with Crippen LogP contribution in [0.5, 0.6) is 0 Å². The van der Waals surface area contributed by atoms with Crippen LogP contribution in [-0.4, -0.2) is 36.2 Å². The molecule has 1 heterocycles. The maximum atomic E-state index is 12.0. The van der Waals surface area contributed by atoms with Crippen LogP contribution >= 0.6 is 15.9 Å². The summed E-state index contributed by atoms with van der Waals surface area (Å²) in [4.78, 5) is 2.54. The number of likely N-dealkylation sites (tertiary alicyclic amines) is 1. The van der Waals surface area contributed by atoms with E-state index in [2.05, 4.69) is 68.6 Å². The minimum Gasteiger partial charge on any atom is -0.384 e. The molecule has 4 rings (SSSR count). The quantitative estimate of drug-likeness (QED) is 0.395. The molecule has 3 nitrogen and oxygen atoms in total. The van der Waals surface area contributed by atoms with Crippen LogP contribution in [-0.2, 0) is 5.60 Å². The van der Waals surface area contributed by atoms with Gasteiger partial charge in [-0.1, -0.05) is 72.8 Å². The summed E-state index contributed by atoms with van der Waals surface area (Å²) in [7, 11) is 0. The van der Waals surface area contributed by atoms with Crippen molar-refractivity contribution in [3.8, 4) is 0 Å². The fourth-order valence-corrected chi connectivity index (χ4v) is 5.15. The number of piperidine rings is 1. The number of aliphatic hydroxyl groups is 1. The van der Waals surface area contributed by atoms with E-state index in [9.17, 15) is 5.11 Å². The summed E-state index contributed by atoms with van der Waals surface area (Å²) in [6.45, 7) is 4.10. The molecule has 1 saturated heterocycles. The van der Waals surface area contributed by atoms with Crippen LogP contribution in [0.25, 0.3) is 0 Å². The van der Waals surface area contributed by atoms with E-state index in [0.717, 1.165) is 66.7 Å².